The Morgan fingerprint density at radius 3 is 2.65 bits per heavy atom. The largest absolute Gasteiger partial charge is 0.354 e. The van der Waals surface area contributed by atoms with Crippen molar-refractivity contribution >= 4 is 11.7 Å². The van der Waals surface area contributed by atoms with Crippen molar-refractivity contribution < 1.29 is 13.6 Å². The summed E-state index contributed by atoms with van der Waals surface area (Å²) in [4.78, 5) is 26.9. The molecule has 0 saturated carbocycles. The summed E-state index contributed by atoms with van der Waals surface area (Å²) >= 11 is 0. The summed E-state index contributed by atoms with van der Waals surface area (Å²) in [6, 6.07) is 14.7. The average molecular weight is 424 g/mol. The van der Waals surface area contributed by atoms with E-state index in [1.807, 2.05) is 4.90 Å². The van der Waals surface area contributed by atoms with Crippen LogP contribution in [0.25, 0.3) is 5.69 Å². The highest BCUT2D eigenvalue weighted by molar-refractivity contribution is 5.79. The van der Waals surface area contributed by atoms with E-state index in [1.165, 1.54) is 47.1 Å². The quantitative estimate of drug-likeness (QED) is 0.684. The Morgan fingerprint density at radius 1 is 1.06 bits per heavy atom. The first-order valence-electron chi connectivity index (χ1n) is 10.1. The zero-order valence-corrected chi connectivity index (χ0v) is 16.8. The molecule has 1 amide bonds. The maximum atomic E-state index is 13.3. The third-order valence-electron chi connectivity index (χ3n) is 5.33. The van der Waals surface area contributed by atoms with E-state index in [0.717, 1.165) is 12.8 Å². The Kier molecular flexibility index (Phi) is 6.06. The molecule has 1 saturated heterocycles. The molecular weight excluding hydrogens is 402 g/mol. The van der Waals surface area contributed by atoms with Gasteiger partial charge in [0.25, 0.3) is 5.56 Å². The molecule has 160 valence electrons. The lowest BCUT2D eigenvalue weighted by Gasteiger charge is -2.33. The minimum atomic E-state index is -0.393. The molecule has 0 spiro atoms. The third kappa shape index (κ3) is 4.96. The second kappa shape index (κ2) is 9.07. The van der Waals surface area contributed by atoms with Crippen molar-refractivity contribution in [2.75, 3.05) is 18.0 Å². The van der Waals surface area contributed by atoms with E-state index in [-0.39, 0.29) is 29.7 Å². The number of halogens is 2. The molecule has 6 nitrogen and oxygen atoms in total. The van der Waals surface area contributed by atoms with Crippen molar-refractivity contribution in [1.82, 2.24) is 15.1 Å². The van der Waals surface area contributed by atoms with Crippen molar-refractivity contribution in [3.05, 3.63) is 88.2 Å². The zero-order valence-electron chi connectivity index (χ0n) is 16.8. The molecular formula is C23H22F2N4O2. The first kappa shape index (κ1) is 20.7. The van der Waals surface area contributed by atoms with Gasteiger partial charge in [0, 0.05) is 25.7 Å². The molecule has 0 unspecified atom stereocenters. The van der Waals surface area contributed by atoms with Gasteiger partial charge >= 0.3 is 0 Å². The number of hydrogen-bond acceptors (Lipinski definition) is 4. The van der Waals surface area contributed by atoms with Crippen LogP contribution in [0.2, 0.25) is 0 Å². The SMILES string of the molecule is O=C(NCc1cccc(F)c1)[C@H]1CCCN(c2ccc(=O)n(-c3ccc(F)cc3)n2)C1. The number of carbonyl (C=O) groups excluding carboxylic acids is 1. The van der Waals surface area contributed by atoms with Crippen LogP contribution in [0.15, 0.2) is 65.5 Å². The van der Waals surface area contributed by atoms with Crippen LogP contribution in [0, 0.1) is 17.6 Å². The molecule has 8 heteroatoms. The van der Waals surface area contributed by atoms with E-state index >= 15 is 0 Å². The van der Waals surface area contributed by atoms with E-state index < -0.39 is 5.82 Å². The third-order valence-corrected chi connectivity index (χ3v) is 5.33. The van der Waals surface area contributed by atoms with Crippen molar-refractivity contribution in [1.29, 1.82) is 0 Å². The molecule has 1 atom stereocenters. The van der Waals surface area contributed by atoms with Crippen LogP contribution in [0.1, 0.15) is 18.4 Å². The lowest BCUT2D eigenvalue weighted by Crippen LogP contribution is -2.43. The standard InChI is InChI=1S/C23H22F2N4O2/c24-18-6-8-20(9-7-18)29-22(30)11-10-21(27-29)28-12-2-4-17(15-28)23(31)26-14-16-3-1-5-19(25)13-16/h1,3,5-11,13,17H,2,4,12,14-15H2,(H,26,31)/t17-/m0/s1. The van der Waals surface area contributed by atoms with Crippen LogP contribution in [-0.2, 0) is 11.3 Å². The summed E-state index contributed by atoms with van der Waals surface area (Å²) in [5.74, 6) is -0.489. The molecule has 1 N–H and O–H groups in total. The summed E-state index contributed by atoms with van der Waals surface area (Å²) in [7, 11) is 0. The van der Waals surface area contributed by atoms with Crippen LogP contribution in [0.4, 0.5) is 14.6 Å². The molecule has 1 aromatic heterocycles. The fourth-order valence-electron chi connectivity index (χ4n) is 3.72. The number of carbonyl (C=O) groups is 1. The predicted octanol–water partition coefficient (Wildman–Crippen LogP) is 3.04. The highest BCUT2D eigenvalue weighted by Gasteiger charge is 2.26. The number of amides is 1. The lowest BCUT2D eigenvalue weighted by atomic mass is 9.97. The maximum absolute atomic E-state index is 13.3. The summed E-state index contributed by atoms with van der Waals surface area (Å²) in [5, 5.41) is 7.30. The number of piperidine rings is 1. The molecule has 1 aliphatic heterocycles. The number of anilines is 1. The molecule has 0 bridgehead atoms. The minimum Gasteiger partial charge on any atom is -0.354 e. The molecule has 1 fully saturated rings. The van der Waals surface area contributed by atoms with Crippen molar-refractivity contribution in [2.24, 2.45) is 5.92 Å². The van der Waals surface area contributed by atoms with E-state index in [2.05, 4.69) is 10.4 Å². The Balaban J connectivity index is 1.45. The Morgan fingerprint density at radius 2 is 1.87 bits per heavy atom. The number of rotatable bonds is 5. The van der Waals surface area contributed by atoms with Gasteiger partial charge in [-0.3, -0.25) is 9.59 Å². The van der Waals surface area contributed by atoms with Gasteiger partial charge in [-0.2, -0.15) is 4.68 Å². The number of hydrogen-bond donors (Lipinski definition) is 1. The van der Waals surface area contributed by atoms with E-state index in [1.54, 1.807) is 18.2 Å². The normalized spacial score (nSPS) is 16.2. The highest BCUT2D eigenvalue weighted by Crippen LogP contribution is 2.22. The zero-order chi connectivity index (χ0) is 21.8. The van der Waals surface area contributed by atoms with Crippen molar-refractivity contribution in [2.45, 2.75) is 19.4 Å². The molecule has 31 heavy (non-hydrogen) atoms. The highest BCUT2D eigenvalue weighted by atomic mass is 19.1. The van der Waals surface area contributed by atoms with Gasteiger partial charge in [-0.25, -0.2) is 8.78 Å². The topological polar surface area (TPSA) is 67.2 Å². The second-order valence-electron chi connectivity index (χ2n) is 7.55. The van der Waals surface area contributed by atoms with Gasteiger partial charge in [0.1, 0.15) is 17.5 Å². The maximum Gasteiger partial charge on any atom is 0.271 e. The minimum absolute atomic E-state index is 0.0965. The summed E-state index contributed by atoms with van der Waals surface area (Å²) in [6.07, 6.45) is 1.54. The van der Waals surface area contributed by atoms with E-state index in [0.29, 0.717) is 30.2 Å². The van der Waals surface area contributed by atoms with Crippen LogP contribution < -0.4 is 15.8 Å². The van der Waals surface area contributed by atoms with Gasteiger partial charge in [-0.15, -0.1) is 5.10 Å². The fraction of sp³-hybridized carbons (Fsp3) is 0.261. The first-order chi connectivity index (χ1) is 15.0. The monoisotopic (exact) mass is 424 g/mol. The second-order valence-corrected chi connectivity index (χ2v) is 7.55. The fourth-order valence-corrected chi connectivity index (χ4v) is 3.72. The smallest absolute Gasteiger partial charge is 0.271 e. The molecule has 1 aliphatic rings. The van der Waals surface area contributed by atoms with Gasteiger partial charge < -0.3 is 10.2 Å². The Hall–Kier alpha value is -3.55. The van der Waals surface area contributed by atoms with Gasteiger partial charge in [-0.1, -0.05) is 12.1 Å². The molecule has 3 aromatic rings. The number of nitrogens with zero attached hydrogens (tertiary/aromatic N) is 3. The van der Waals surface area contributed by atoms with E-state index in [9.17, 15) is 18.4 Å². The van der Waals surface area contributed by atoms with Crippen LogP contribution in [0.5, 0.6) is 0 Å². The average Bonchev–Trinajstić information content (AvgIpc) is 2.79. The summed E-state index contributed by atoms with van der Waals surface area (Å²) in [5.41, 5.74) is 0.848. The van der Waals surface area contributed by atoms with Crippen molar-refractivity contribution in [3.63, 3.8) is 0 Å². The lowest BCUT2D eigenvalue weighted by molar-refractivity contribution is -0.125. The summed E-state index contributed by atoms with van der Waals surface area (Å²) < 4.78 is 27.8. The van der Waals surface area contributed by atoms with Crippen LogP contribution in [-0.4, -0.2) is 28.8 Å². The van der Waals surface area contributed by atoms with Crippen LogP contribution >= 0.6 is 0 Å². The molecule has 2 heterocycles. The Labute approximate surface area is 178 Å². The van der Waals surface area contributed by atoms with Gasteiger partial charge in [0.05, 0.1) is 11.6 Å². The molecule has 0 radical (unpaired) electrons. The molecule has 4 rings (SSSR count). The van der Waals surface area contributed by atoms with Gasteiger partial charge in [0.2, 0.25) is 5.91 Å². The van der Waals surface area contributed by atoms with Gasteiger partial charge in [-0.05, 0) is 60.9 Å². The summed E-state index contributed by atoms with van der Waals surface area (Å²) in [6.45, 7) is 1.44. The van der Waals surface area contributed by atoms with E-state index in [4.69, 9.17) is 0 Å². The Bertz CT molecular complexity index is 1130. The number of aromatic nitrogens is 2. The van der Waals surface area contributed by atoms with Crippen LogP contribution in [0.3, 0.4) is 0 Å². The predicted molar refractivity (Wildman–Crippen MR) is 113 cm³/mol. The number of nitrogens with one attached hydrogen (secondary N) is 1. The molecule has 0 aliphatic carbocycles. The number of benzene rings is 2. The first-order valence-corrected chi connectivity index (χ1v) is 10.1. The van der Waals surface area contributed by atoms with Crippen molar-refractivity contribution in [3.8, 4) is 5.69 Å². The van der Waals surface area contributed by atoms with Gasteiger partial charge in [0.15, 0.2) is 0 Å². The molecule has 2 aromatic carbocycles.